The molecule has 5 rings (SSSR count). The molecule has 1 saturated heterocycles. The summed E-state index contributed by atoms with van der Waals surface area (Å²) in [6.07, 6.45) is -0.755. The van der Waals surface area contributed by atoms with E-state index >= 15 is 0 Å². The largest absolute Gasteiger partial charge is 0.444 e. The van der Waals surface area contributed by atoms with Crippen LogP contribution in [0.4, 0.5) is 4.79 Å². The molecule has 42 heavy (non-hydrogen) atoms. The number of hydrogen-bond donors (Lipinski definition) is 1. The van der Waals surface area contributed by atoms with Crippen LogP contribution in [-0.2, 0) is 15.1 Å². The number of hydrogen-bond acceptors (Lipinski definition) is 4. The summed E-state index contributed by atoms with van der Waals surface area (Å²) in [6.45, 7) is 6.28. The zero-order valence-electron chi connectivity index (χ0n) is 24.3. The van der Waals surface area contributed by atoms with Gasteiger partial charge in [-0.2, -0.15) is 0 Å². The van der Waals surface area contributed by atoms with E-state index in [4.69, 9.17) is 9.47 Å². The van der Waals surface area contributed by atoms with Gasteiger partial charge in [-0.3, -0.25) is 4.90 Å². The van der Waals surface area contributed by atoms with Crippen molar-refractivity contribution in [2.75, 3.05) is 13.2 Å². The van der Waals surface area contributed by atoms with Gasteiger partial charge in [0.05, 0.1) is 18.8 Å². The van der Waals surface area contributed by atoms with E-state index in [1.54, 1.807) is 4.90 Å². The van der Waals surface area contributed by atoms with Crippen LogP contribution in [0, 0.1) is 5.92 Å². The Balaban J connectivity index is 1.50. The van der Waals surface area contributed by atoms with Crippen LogP contribution in [0.1, 0.15) is 55.5 Å². The molecule has 1 N–H and O–H groups in total. The van der Waals surface area contributed by atoms with E-state index in [0.717, 1.165) is 26.7 Å². The van der Waals surface area contributed by atoms with Gasteiger partial charge in [0.15, 0.2) is 0 Å². The summed E-state index contributed by atoms with van der Waals surface area (Å²) in [6, 6.07) is 37.9. The standard InChI is InChI=1S/C36H38BrNO4/c1-35(2,3)42-34(40)38-24-26(23-32(39)33(38)27-19-21-31(37)22-20-27)25-41-36(28-13-7-4-8-14-28,29-15-9-5-10-16-29)30-17-11-6-12-18-30/h4-22,26,32-33,39H,23-25H2,1-3H3. The van der Waals surface area contributed by atoms with Gasteiger partial charge >= 0.3 is 6.09 Å². The van der Waals surface area contributed by atoms with Gasteiger partial charge < -0.3 is 14.6 Å². The first-order valence-corrected chi connectivity index (χ1v) is 15.2. The average molecular weight is 629 g/mol. The molecule has 0 aromatic heterocycles. The lowest BCUT2D eigenvalue weighted by atomic mass is 9.79. The second-order valence-electron chi connectivity index (χ2n) is 11.9. The molecule has 5 nitrogen and oxygen atoms in total. The fourth-order valence-corrected chi connectivity index (χ4v) is 6.11. The first kappa shape index (κ1) is 30.0. The Hall–Kier alpha value is -3.45. The van der Waals surface area contributed by atoms with Crippen molar-refractivity contribution in [3.8, 4) is 0 Å². The Bertz CT molecular complexity index is 1340. The van der Waals surface area contributed by atoms with Crippen LogP contribution in [0.3, 0.4) is 0 Å². The molecule has 1 fully saturated rings. The molecule has 4 aromatic rings. The van der Waals surface area contributed by atoms with Gasteiger partial charge in [-0.1, -0.05) is 119 Å². The van der Waals surface area contributed by atoms with Crippen LogP contribution >= 0.6 is 15.9 Å². The van der Waals surface area contributed by atoms with Gasteiger partial charge in [0, 0.05) is 16.9 Å². The predicted molar refractivity (Wildman–Crippen MR) is 169 cm³/mol. The number of likely N-dealkylation sites (tertiary alicyclic amines) is 1. The molecule has 3 atom stereocenters. The van der Waals surface area contributed by atoms with E-state index in [1.165, 1.54) is 0 Å². The summed E-state index contributed by atoms with van der Waals surface area (Å²) < 4.78 is 13.8. The number of amides is 1. The molecule has 0 bridgehead atoms. The van der Waals surface area contributed by atoms with Crippen LogP contribution in [-0.4, -0.2) is 41.0 Å². The highest BCUT2D eigenvalue weighted by Crippen LogP contribution is 2.42. The fraction of sp³-hybridized carbons (Fsp3) is 0.306. The van der Waals surface area contributed by atoms with Crippen molar-refractivity contribution in [3.63, 3.8) is 0 Å². The van der Waals surface area contributed by atoms with Crippen LogP contribution < -0.4 is 0 Å². The Morgan fingerprint density at radius 3 is 1.74 bits per heavy atom. The van der Waals surface area contributed by atoms with E-state index in [9.17, 15) is 9.90 Å². The van der Waals surface area contributed by atoms with Gasteiger partial charge in [0.25, 0.3) is 0 Å². The van der Waals surface area contributed by atoms with Crippen molar-refractivity contribution < 1.29 is 19.4 Å². The normalized spacial score (nSPS) is 19.4. The molecule has 218 valence electrons. The van der Waals surface area contributed by atoms with Gasteiger partial charge in [-0.05, 0) is 61.6 Å². The third-order valence-corrected chi connectivity index (χ3v) is 8.17. The zero-order chi connectivity index (χ0) is 29.7. The molecule has 0 radical (unpaired) electrons. The monoisotopic (exact) mass is 627 g/mol. The van der Waals surface area contributed by atoms with Crippen LogP contribution in [0.25, 0.3) is 0 Å². The number of benzene rings is 4. The number of aliphatic hydroxyl groups excluding tert-OH is 1. The van der Waals surface area contributed by atoms with Gasteiger partial charge in [0.1, 0.15) is 11.2 Å². The summed E-state index contributed by atoms with van der Waals surface area (Å²) in [5, 5.41) is 11.5. The van der Waals surface area contributed by atoms with Crippen molar-refractivity contribution in [1.29, 1.82) is 0 Å². The van der Waals surface area contributed by atoms with Crippen molar-refractivity contribution in [1.82, 2.24) is 4.90 Å². The Morgan fingerprint density at radius 1 is 0.810 bits per heavy atom. The summed E-state index contributed by atoms with van der Waals surface area (Å²) in [5.74, 6) is -0.130. The maximum absolute atomic E-state index is 13.6. The van der Waals surface area contributed by atoms with Crippen molar-refractivity contribution in [3.05, 3.63) is 142 Å². The summed E-state index contributed by atoms with van der Waals surface area (Å²) in [5.41, 5.74) is 2.34. The molecule has 0 spiro atoms. The third kappa shape index (κ3) is 6.62. The number of carbonyl (C=O) groups excluding carboxylic acids is 1. The Labute approximate surface area is 257 Å². The number of halogens is 1. The topological polar surface area (TPSA) is 59.0 Å². The number of aliphatic hydroxyl groups is 1. The van der Waals surface area contributed by atoms with Crippen molar-refractivity contribution in [2.45, 2.75) is 50.5 Å². The number of ether oxygens (including phenoxy) is 2. The van der Waals surface area contributed by atoms with E-state index in [2.05, 4.69) is 52.3 Å². The molecule has 1 aliphatic rings. The maximum atomic E-state index is 13.6. The average Bonchev–Trinajstić information content (AvgIpc) is 2.99. The molecule has 4 aromatic carbocycles. The van der Waals surface area contributed by atoms with E-state index in [-0.39, 0.29) is 5.92 Å². The Kier molecular flexibility index (Phi) is 9.16. The summed E-state index contributed by atoms with van der Waals surface area (Å²) in [4.78, 5) is 15.2. The molecular weight excluding hydrogens is 590 g/mol. The minimum atomic E-state index is -0.881. The molecule has 0 saturated carbocycles. The zero-order valence-corrected chi connectivity index (χ0v) is 25.9. The van der Waals surface area contributed by atoms with Crippen LogP contribution in [0.15, 0.2) is 120 Å². The predicted octanol–water partition coefficient (Wildman–Crippen LogP) is 8.12. The lowest BCUT2D eigenvalue weighted by Gasteiger charge is -2.44. The molecule has 1 aliphatic heterocycles. The third-order valence-electron chi connectivity index (χ3n) is 7.65. The van der Waals surface area contributed by atoms with E-state index < -0.39 is 29.4 Å². The number of piperidine rings is 1. The maximum Gasteiger partial charge on any atom is 0.410 e. The molecule has 6 heteroatoms. The Morgan fingerprint density at radius 2 is 1.29 bits per heavy atom. The van der Waals surface area contributed by atoms with Crippen LogP contribution in [0.5, 0.6) is 0 Å². The minimum Gasteiger partial charge on any atom is -0.444 e. The minimum absolute atomic E-state index is 0.130. The quantitative estimate of drug-likeness (QED) is 0.210. The first-order chi connectivity index (χ1) is 20.2. The van der Waals surface area contributed by atoms with Crippen molar-refractivity contribution in [2.24, 2.45) is 5.92 Å². The van der Waals surface area contributed by atoms with Gasteiger partial charge in [-0.15, -0.1) is 0 Å². The van der Waals surface area contributed by atoms with Gasteiger partial charge in [0.2, 0.25) is 0 Å². The number of carbonyl (C=O) groups is 1. The van der Waals surface area contributed by atoms with E-state index in [1.807, 2.05) is 99.6 Å². The lowest BCUT2D eigenvalue weighted by molar-refractivity contribution is -0.0706. The second kappa shape index (κ2) is 12.8. The molecule has 0 aliphatic carbocycles. The fourth-order valence-electron chi connectivity index (χ4n) is 5.85. The summed E-state index contributed by atoms with van der Waals surface area (Å²) >= 11 is 3.49. The molecule has 1 amide bonds. The SMILES string of the molecule is CC(C)(C)OC(=O)N1CC(COC(c2ccccc2)(c2ccccc2)c2ccccc2)CC(O)C1c1ccc(Br)cc1. The highest BCUT2D eigenvalue weighted by atomic mass is 79.9. The van der Waals surface area contributed by atoms with Crippen molar-refractivity contribution >= 4 is 22.0 Å². The highest BCUT2D eigenvalue weighted by Gasteiger charge is 2.43. The lowest BCUT2D eigenvalue weighted by Crippen LogP contribution is -2.51. The van der Waals surface area contributed by atoms with E-state index in [0.29, 0.717) is 19.6 Å². The van der Waals surface area contributed by atoms with Crippen LogP contribution in [0.2, 0.25) is 0 Å². The second-order valence-corrected chi connectivity index (χ2v) is 12.8. The molecule has 1 heterocycles. The van der Waals surface area contributed by atoms with Gasteiger partial charge in [-0.25, -0.2) is 4.79 Å². The first-order valence-electron chi connectivity index (χ1n) is 14.4. The smallest absolute Gasteiger partial charge is 0.410 e. The highest BCUT2D eigenvalue weighted by molar-refractivity contribution is 9.10. The number of rotatable bonds is 7. The molecule has 3 unspecified atom stereocenters. The number of nitrogens with zero attached hydrogens (tertiary/aromatic N) is 1. The summed E-state index contributed by atoms with van der Waals surface area (Å²) in [7, 11) is 0. The molecular formula is C36H38BrNO4.